The summed E-state index contributed by atoms with van der Waals surface area (Å²) in [5, 5.41) is 13.3. The molecule has 6 aliphatic rings. The van der Waals surface area contributed by atoms with Crippen LogP contribution in [0.4, 0.5) is 30.2 Å². The lowest BCUT2D eigenvalue weighted by atomic mass is 9.91. The van der Waals surface area contributed by atoms with Crippen LogP contribution in [-0.4, -0.2) is 239 Å². The van der Waals surface area contributed by atoms with Gasteiger partial charge in [-0.25, -0.2) is 73.0 Å². The number of ketones is 1. The quantitative estimate of drug-likeness (QED) is 0.0638. The molecule has 0 atom stereocenters. The van der Waals surface area contributed by atoms with Crippen molar-refractivity contribution >= 4 is 86.1 Å². The third kappa shape index (κ3) is 19.6. The lowest BCUT2D eigenvalue weighted by molar-refractivity contribution is -0.124. The molecule has 2 saturated carbocycles. The summed E-state index contributed by atoms with van der Waals surface area (Å²) in [5.74, 6) is 3.51. The molecule has 16 heterocycles. The molecular formula is C87H103ClF3N25O8. The SMILES string of the molecule is CO.COc1nc(-c2nc(Cc3ccc(N4CCN(C5CCC5)CC4=O)cn3)ncc2F)cc2c1nc(C)n2C(C)C.COc1nc(-c2nc(Cc3ccc(N4CCN(C5CNC5)CC4=O)cn3)ncc2F)cc2c1nc(C)n2C(C)C.COc1nc(-c2nc(Cc3ccc(N4CCNCC4=O)cn3)ncc2F)cc2c1nc(C)n2C(C)C.Cl.O=C1CCC1. The van der Waals surface area contributed by atoms with Crippen molar-refractivity contribution in [1.82, 2.24) is 109 Å². The van der Waals surface area contributed by atoms with Crippen LogP contribution < -0.4 is 39.5 Å². The molecule has 18 rings (SSSR count). The van der Waals surface area contributed by atoms with Gasteiger partial charge >= 0.3 is 0 Å². The molecule has 0 radical (unpaired) electrons. The number of Topliss-reactive ketones (excluding diaryl/α,β-unsaturated/α-hetero) is 1. The Hall–Kier alpha value is -12.1. The van der Waals surface area contributed by atoms with Crippen LogP contribution in [0.5, 0.6) is 17.6 Å². The normalized spacial score (nSPS) is 15.8. The highest BCUT2D eigenvalue weighted by Crippen LogP contribution is 2.37. The third-order valence-corrected chi connectivity index (χ3v) is 22.5. The number of hydrogen-bond donors (Lipinski definition) is 3. The molecule has 652 valence electrons. The topological polar surface area (TPSA) is 365 Å². The second-order valence-electron chi connectivity index (χ2n) is 31.6. The molecule has 0 aromatic carbocycles. The number of carbonyl (C=O) groups excluding carboxylic acids is 4. The second kappa shape index (κ2) is 39.6. The minimum Gasteiger partial charge on any atom is -0.479 e. The van der Waals surface area contributed by atoms with Gasteiger partial charge in [-0.1, -0.05) is 6.42 Å². The molecule has 0 bridgehead atoms. The molecule has 12 aromatic rings. The van der Waals surface area contributed by atoms with Crippen LogP contribution in [0.25, 0.3) is 67.3 Å². The standard InChI is InChI=1S/C29H33FN8O2.C28H32FN9O2.C25H27FN8O2.C4H6O.CH4O.ClH/c1-17(2)38-18(3)33-28-24(38)13-23(34-29(28)40-4)27-22(30)15-32-25(35-27)12-19-8-9-21(14-31-19)37-11-10-36(16-26(37)39)20-6-5-7-20;1-16(2)38-17(3)33-27-23(38)10-22(34-28(27)40-4)26-21(29)14-32-24(35-26)9-18-5-6-19(13-31-18)37-8-7-36(15-25(37)39)20-11-30-12-20;1-14(2)34-15(3)30-24-20(34)10-19(31-25(24)36-4)23-18(26)12-29-21(32-23)9-16-5-6-17(11-28-16)33-8-7-27-13-22(33)35;5-4-2-1-3-4;1-2;/h8-9,13-15,17,20H,5-7,10-12,16H2,1-4H3;5-6,10,13-14,16,20,30H,7-9,11-12,15H2,1-4H3;5-6,10-12,14,27H,7-9,13H2,1-4H3;1-3H2;2H,1H3;1H. The Labute approximate surface area is 721 Å². The number of aliphatic hydroxyl groups excluding tert-OH is 1. The first-order valence-electron chi connectivity index (χ1n) is 41.4. The van der Waals surface area contributed by atoms with E-state index < -0.39 is 17.5 Å². The summed E-state index contributed by atoms with van der Waals surface area (Å²) in [6.07, 6.45) is 15.9. The van der Waals surface area contributed by atoms with Crippen molar-refractivity contribution in [3.63, 3.8) is 0 Å². The van der Waals surface area contributed by atoms with Gasteiger partial charge in [-0.15, -0.1) is 12.4 Å². The molecule has 2 aliphatic carbocycles. The Balaban J connectivity index is 0.000000153. The van der Waals surface area contributed by atoms with E-state index in [1.807, 2.05) is 57.2 Å². The van der Waals surface area contributed by atoms with Crippen LogP contribution in [0.15, 0.2) is 91.8 Å². The number of amides is 3. The first kappa shape index (κ1) is 89.7. The summed E-state index contributed by atoms with van der Waals surface area (Å²) in [5.41, 5.74) is 9.95. The van der Waals surface area contributed by atoms with Crippen molar-refractivity contribution in [1.29, 1.82) is 0 Å². The highest BCUT2D eigenvalue weighted by atomic mass is 35.5. The lowest BCUT2D eigenvalue weighted by Gasteiger charge is -2.42. The number of aryl methyl sites for hydroxylation is 3. The van der Waals surface area contributed by atoms with Gasteiger partial charge in [0.2, 0.25) is 35.4 Å². The number of carbonyl (C=O) groups is 4. The molecule has 6 fully saturated rings. The maximum Gasteiger partial charge on any atom is 0.242 e. The van der Waals surface area contributed by atoms with E-state index in [0.29, 0.717) is 157 Å². The van der Waals surface area contributed by atoms with Crippen LogP contribution in [0.3, 0.4) is 0 Å². The number of piperazine rings is 3. The molecular weight excluding hydrogens is 1620 g/mol. The predicted octanol–water partition coefficient (Wildman–Crippen LogP) is 10.3. The fraction of sp³-hybridized carbons (Fsp3) is 0.437. The summed E-state index contributed by atoms with van der Waals surface area (Å²) in [6, 6.07) is 18.0. The molecule has 12 aromatic heterocycles. The van der Waals surface area contributed by atoms with Gasteiger partial charge in [0.05, 0.1) is 148 Å². The van der Waals surface area contributed by atoms with E-state index >= 15 is 8.78 Å². The number of nitrogens with one attached hydrogen (secondary N) is 2. The van der Waals surface area contributed by atoms with Gasteiger partial charge in [0.15, 0.2) is 34.0 Å². The van der Waals surface area contributed by atoms with Crippen molar-refractivity contribution in [3.05, 3.63) is 161 Å². The number of ether oxygens (including phenoxy) is 3. The van der Waals surface area contributed by atoms with Gasteiger partial charge in [-0.05, 0) is 136 Å². The fourth-order valence-corrected chi connectivity index (χ4v) is 15.9. The number of halogens is 4. The van der Waals surface area contributed by atoms with E-state index in [1.165, 1.54) is 40.6 Å². The van der Waals surface area contributed by atoms with Crippen LogP contribution in [0, 0.1) is 38.2 Å². The van der Waals surface area contributed by atoms with E-state index in [2.05, 4.69) is 150 Å². The molecule has 0 unspecified atom stereocenters. The zero-order chi connectivity index (χ0) is 87.0. The molecule has 3 amide bonds. The largest absolute Gasteiger partial charge is 0.479 e. The second-order valence-corrected chi connectivity index (χ2v) is 31.6. The summed E-state index contributed by atoms with van der Waals surface area (Å²) in [6.45, 7) is 25.6. The first-order valence-corrected chi connectivity index (χ1v) is 41.4. The number of hydrogen-bond acceptors (Lipinski definition) is 27. The molecule has 124 heavy (non-hydrogen) atoms. The molecule has 4 saturated heterocycles. The number of aromatic nitrogens is 18. The van der Waals surface area contributed by atoms with Crippen LogP contribution in [0.2, 0.25) is 0 Å². The zero-order valence-corrected chi connectivity index (χ0v) is 72.6. The van der Waals surface area contributed by atoms with Gasteiger partial charge in [-0.2, -0.15) is 0 Å². The number of imidazole rings is 3. The molecule has 3 N–H and O–H groups in total. The highest BCUT2D eigenvalue weighted by Gasteiger charge is 2.35. The third-order valence-electron chi connectivity index (χ3n) is 22.5. The Morgan fingerprint density at radius 3 is 1.05 bits per heavy atom. The van der Waals surface area contributed by atoms with E-state index in [4.69, 9.17) is 19.3 Å². The summed E-state index contributed by atoms with van der Waals surface area (Å²) >= 11 is 0. The molecule has 37 heteroatoms. The number of pyridine rings is 6. The Kier molecular flexibility index (Phi) is 28.6. The van der Waals surface area contributed by atoms with Crippen LogP contribution >= 0.6 is 12.4 Å². The van der Waals surface area contributed by atoms with Gasteiger partial charge in [-0.3, -0.25) is 43.9 Å². The maximum atomic E-state index is 15.0. The van der Waals surface area contributed by atoms with E-state index in [1.54, 1.807) is 51.5 Å². The molecule has 0 spiro atoms. The maximum absolute atomic E-state index is 15.0. The number of methoxy groups -OCH3 is 3. The molecule has 33 nitrogen and oxygen atoms in total. The van der Waals surface area contributed by atoms with Gasteiger partial charge in [0.25, 0.3) is 0 Å². The van der Waals surface area contributed by atoms with Gasteiger partial charge in [0.1, 0.15) is 57.8 Å². The average molecular weight is 1720 g/mol. The zero-order valence-electron chi connectivity index (χ0n) is 71.8. The van der Waals surface area contributed by atoms with E-state index in [0.717, 1.165) is 134 Å². The number of fused-ring (bicyclic) bond motifs is 3. The number of rotatable bonds is 20. The van der Waals surface area contributed by atoms with Gasteiger partial charge in [0, 0.05) is 120 Å². The summed E-state index contributed by atoms with van der Waals surface area (Å²) in [7, 11) is 5.56. The van der Waals surface area contributed by atoms with Crippen molar-refractivity contribution < 1.29 is 51.7 Å². The Bertz CT molecular complexity index is 5610. The molecule has 4 aliphatic heterocycles. The fourth-order valence-electron chi connectivity index (χ4n) is 15.9. The lowest BCUT2D eigenvalue weighted by Crippen LogP contribution is -2.63. The van der Waals surface area contributed by atoms with Crippen LogP contribution in [-0.2, 0) is 38.4 Å². The van der Waals surface area contributed by atoms with Crippen molar-refractivity contribution in [2.75, 3.05) is 115 Å². The van der Waals surface area contributed by atoms with E-state index in [9.17, 15) is 23.6 Å². The summed E-state index contributed by atoms with van der Waals surface area (Å²) in [4.78, 5) is 124. The smallest absolute Gasteiger partial charge is 0.242 e. The van der Waals surface area contributed by atoms with Crippen molar-refractivity contribution in [2.24, 2.45) is 0 Å². The summed E-state index contributed by atoms with van der Waals surface area (Å²) < 4.78 is 67.6. The van der Waals surface area contributed by atoms with Crippen LogP contribution in [0.1, 0.15) is 150 Å². The highest BCUT2D eigenvalue weighted by molar-refractivity contribution is 5.97. The Morgan fingerprint density at radius 2 is 0.782 bits per heavy atom. The van der Waals surface area contributed by atoms with Crippen molar-refractivity contribution in [2.45, 2.75) is 150 Å². The minimum absolute atomic E-state index is 0. The minimum atomic E-state index is -0.583. The monoisotopic (exact) mass is 1720 g/mol. The predicted molar refractivity (Wildman–Crippen MR) is 463 cm³/mol. The average Bonchev–Trinajstić information content (AvgIpc) is 1.62. The first-order chi connectivity index (χ1) is 59.4. The van der Waals surface area contributed by atoms with Crippen molar-refractivity contribution in [3.8, 4) is 51.8 Å². The number of aliphatic hydroxyl groups is 1. The Morgan fingerprint density at radius 1 is 0.435 bits per heavy atom. The van der Waals surface area contributed by atoms with Gasteiger partial charge < -0.3 is 58.4 Å². The number of anilines is 3. The van der Waals surface area contributed by atoms with E-state index in [-0.39, 0.29) is 65.3 Å². The number of nitrogens with zero attached hydrogens (tertiary/aromatic N) is 23.